The van der Waals surface area contributed by atoms with E-state index < -0.39 is 16.9 Å². The van der Waals surface area contributed by atoms with Gasteiger partial charge < -0.3 is 20.7 Å². The Morgan fingerprint density at radius 2 is 1.82 bits per heavy atom. The Labute approximate surface area is 222 Å². The van der Waals surface area contributed by atoms with Crippen molar-refractivity contribution in [1.29, 1.82) is 0 Å². The normalized spacial score (nSPS) is 24.4. The molecule has 2 aromatic carbocycles. The minimum atomic E-state index is -4.85. The van der Waals surface area contributed by atoms with Crippen LogP contribution in [0.1, 0.15) is 43.2 Å². The molecule has 1 aliphatic heterocycles. The zero-order valence-electron chi connectivity index (χ0n) is 21.0. The summed E-state index contributed by atoms with van der Waals surface area (Å²) in [7, 11) is 0. The molecule has 4 rings (SSSR count). The zero-order chi connectivity index (χ0) is 28.0. The fourth-order valence-electron chi connectivity index (χ4n) is 4.95. The van der Waals surface area contributed by atoms with Gasteiger partial charge in [0.2, 0.25) is 0 Å². The summed E-state index contributed by atoms with van der Waals surface area (Å²) in [4.78, 5) is 15.5. The first-order chi connectivity index (χ1) is 18.5. The molecule has 0 aromatic heterocycles. The van der Waals surface area contributed by atoms with Gasteiger partial charge in [0.25, 0.3) is 0 Å². The van der Waals surface area contributed by atoms with E-state index in [4.69, 9.17) is 5.73 Å². The number of alkyl halides is 3. The van der Waals surface area contributed by atoms with Gasteiger partial charge in [-0.25, -0.2) is 9.38 Å². The molecule has 1 heterocycles. The van der Waals surface area contributed by atoms with Crippen LogP contribution in [0.2, 0.25) is 0 Å². The summed E-state index contributed by atoms with van der Waals surface area (Å²) in [5, 5.41) is 20.8. The number of para-hydroxylation sites is 1. The van der Waals surface area contributed by atoms with Gasteiger partial charge in [-0.2, -0.15) is 0 Å². The molecular weight excluding hydrogens is 520 g/mol. The number of benzene rings is 2. The molecule has 5 N–H and O–H groups in total. The number of rotatable bonds is 9. The summed E-state index contributed by atoms with van der Waals surface area (Å²) in [6.45, 7) is 0.443. The summed E-state index contributed by atoms with van der Waals surface area (Å²) in [5.74, 6) is -0.442. The molecule has 0 radical (unpaired) electrons. The topological polar surface area (TPSA) is 127 Å². The molecule has 1 unspecified atom stereocenters. The maximum atomic E-state index is 13.1. The average Bonchev–Trinajstić information content (AvgIpc) is 2.87. The lowest BCUT2D eigenvalue weighted by molar-refractivity contribution is -0.437. The predicted octanol–water partition coefficient (Wildman–Crippen LogP) is 4.28. The van der Waals surface area contributed by atoms with Crippen molar-refractivity contribution in [3.05, 3.63) is 87.5 Å². The molecule has 2 aliphatic rings. The summed E-state index contributed by atoms with van der Waals surface area (Å²) in [5.41, 5.74) is 5.93. The lowest BCUT2D eigenvalue weighted by Crippen LogP contribution is -2.64. The first-order valence-electron chi connectivity index (χ1n) is 12.6. The Hall–Kier alpha value is -3.71. The third kappa shape index (κ3) is 7.90. The number of guanidine groups is 1. The number of hydrogen-bond donors (Lipinski definition) is 4. The van der Waals surface area contributed by atoms with Crippen molar-refractivity contribution < 1.29 is 27.2 Å². The van der Waals surface area contributed by atoms with Crippen molar-refractivity contribution in [3.8, 4) is 5.75 Å². The van der Waals surface area contributed by atoms with E-state index in [1.807, 2.05) is 0 Å². The van der Waals surface area contributed by atoms with Crippen molar-refractivity contribution in [2.45, 2.75) is 63.3 Å². The number of aliphatic imine (C=N–C) groups is 1. The van der Waals surface area contributed by atoms with Crippen LogP contribution >= 0.6 is 0 Å². The second-order valence-corrected chi connectivity index (χ2v) is 9.78. The Kier molecular flexibility index (Phi) is 8.70. The van der Waals surface area contributed by atoms with Crippen LogP contribution in [0.15, 0.2) is 65.4 Å². The van der Waals surface area contributed by atoms with Crippen LogP contribution in [0.3, 0.4) is 0 Å². The summed E-state index contributed by atoms with van der Waals surface area (Å²) < 4.78 is 55.4. The second kappa shape index (κ2) is 12.0. The molecule has 1 atom stereocenters. The molecule has 1 fully saturated rings. The second-order valence-electron chi connectivity index (χ2n) is 9.78. The van der Waals surface area contributed by atoms with Crippen molar-refractivity contribution in [2.75, 3.05) is 0 Å². The highest BCUT2D eigenvalue weighted by molar-refractivity contribution is 5.83. The summed E-state index contributed by atoms with van der Waals surface area (Å²) in [6.07, 6.45) is -0.0923. The van der Waals surface area contributed by atoms with Crippen LogP contribution in [0.4, 0.5) is 17.6 Å². The maximum Gasteiger partial charge on any atom is 0.573 e. The van der Waals surface area contributed by atoms with Gasteiger partial charge in [0.05, 0.1) is 17.7 Å². The van der Waals surface area contributed by atoms with E-state index >= 15 is 0 Å². The van der Waals surface area contributed by atoms with Crippen LogP contribution < -0.4 is 26.4 Å². The van der Waals surface area contributed by atoms with Gasteiger partial charge in [0.1, 0.15) is 11.6 Å². The highest BCUT2D eigenvalue weighted by Gasteiger charge is 2.44. The minimum absolute atomic E-state index is 0.106. The lowest BCUT2D eigenvalue weighted by atomic mass is 9.79. The molecule has 13 heteroatoms. The van der Waals surface area contributed by atoms with Gasteiger partial charge in [-0.15, -0.1) is 13.2 Å². The van der Waals surface area contributed by atoms with Crippen LogP contribution in [-0.2, 0) is 13.1 Å². The number of hydrogen-bond acceptors (Lipinski definition) is 6. The molecule has 210 valence electrons. The van der Waals surface area contributed by atoms with Gasteiger partial charge in [0, 0.05) is 18.2 Å². The fraction of sp³-hybridized carbons (Fsp3) is 0.423. The number of halogens is 4. The molecule has 9 nitrogen and oxygen atoms in total. The summed E-state index contributed by atoms with van der Waals surface area (Å²) >= 11 is 0. The van der Waals surface area contributed by atoms with E-state index in [-0.39, 0.29) is 53.7 Å². The molecule has 0 bridgehead atoms. The summed E-state index contributed by atoms with van der Waals surface area (Å²) in [6, 6.07) is 12.2. The minimum Gasteiger partial charge on any atom is -0.405 e. The van der Waals surface area contributed by atoms with E-state index in [0.717, 1.165) is 31.2 Å². The number of ether oxygens (including phenoxy) is 1. The van der Waals surface area contributed by atoms with E-state index in [9.17, 15) is 27.7 Å². The molecule has 2 aromatic rings. The lowest BCUT2D eigenvalue weighted by Gasteiger charge is -2.37. The third-order valence-corrected chi connectivity index (χ3v) is 6.91. The highest BCUT2D eigenvalue weighted by atomic mass is 19.4. The van der Waals surface area contributed by atoms with E-state index in [1.54, 1.807) is 18.2 Å². The van der Waals surface area contributed by atoms with Crippen LogP contribution in [0.5, 0.6) is 5.75 Å². The number of nitrogens with one attached hydrogen (secondary N) is 3. The fourth-order valence-corrected chi connectivity index (χ4v) is 4.95. The first kappa shape index (κ1) is 28.3. The van der Waals surface area contributed by atoms with Crippen molar-refractivity contribution >= 4 is 5.96 Å². The Bertz CT molecular complexity index is 1210. The molecular formula is C26H30F4N6O3. The van der Waals surface area contributed by atoms with Gasteiger partial charge in [0.15, 0.2) is 11.6 Å². The Morgan fingerprint density at radius 3 is 2.49 bits per heavy atom. The molecule has 1 saturated carbocycles. The first-order valence-corrected chi connectivity index (χ1v) is 12.6. The Balaban J connectivity index is 1.37. The quantitative estimate of drug-likeness (QED) is 0.209. The smallest absolute Gasteiger partial charge is 0.405 e. The molecule has 0 amide bonds. The van der Waals surface area contributed by atoms with E-state index in [1.165, 1.54) is 36.5 Å². The third-order valence-electron chi connectivity index (χ3n) is 6.91. The number of nitrogens with zero attached hydrogens (tertiary/aromatic N) is 2. The monoisotopic (exact) mass is 550 g/mol. The molecule has 39 heavy (non-hydrogen) atoms. The highest BCUT2D eigenvalue weighted by Crippen LogP contribution is 2.33. The van der Waals surface area contributed by atoms with E-state index in [0.29, 0.717) is 6.54 Å². The van der Waals surface area contributed by atoms with Gasteiger partial charge in [-0.05, 0) is 61.8 Å². The largest absolute Gasteiger partial charge is 0.573 e. The van der Waals surface area contributed by atoms with Gasteiger partial charge in [-0.3, -0.25) is 15.8 Å². The number of nitrogens with two attached hydrogens (primary N) is 1. The van der Waals surface area contributed by atoms with Crippen LogP contribution in [-0.4, -0.2) is 28.9 Å². The van der Waals surface area contributed by atoms with Gasteiger partial charge >= 0.3 is 12.1 Å². The van der Waals surface area contributed by atoms with Crippen molar-refractivity contribution in [3.63, 3.8) is 0 Å². The molecule has 1 aliphatic carbocycles. The van der Waals surface area contributed by atoms with Crippen molar-refractivity contribution in [1.82, 2.24) is 16.0 Å². The van der Waals surface area contributed by atoms with Crippen molar-refractivity contribution in [2.24, 2.45) is 16.6 Å². The van der Waals surface area contributed by atoms with Crippen LogP contribution in [0.25, 0.3) is 0 Å². The Morgan fingerprint density at radius 1 is 1.13 bits per heavy atom. The molecule has 0 spiro atoms. The standard InChI is InChI=1S/C26H30F4N6O3/c27-20-9-5-18(6-10-20)14-32-21-11-7-17(8-12-21)13-25(31)23(36(37)38)16-34-24(35-25)33-15-19-3-1-2-4-22(19)39-26(28,29)30/h1-6,9-10,16-17,21,32H,7-8,11-15,31H2,(H2,33,34,35). The van der Waals surface area contributed by atoms with Gasteiger partial charge in [-0.1, -0.05) is 30.3 Å². The molecule has 0 saturated heterocycles. The SMILES string of the molecule is NC1(CC2CCC(NCc3ccc(F)cc3)CC2)NC(=NCc2ccccc2OC(F)(F)F)NC=C1[N+](=O)[O-]. The number of nitro groups is 1. The van der Waals surface area contributed by atoms with Crippen LogP contribution in [0, 0.1) is 21.8 Å². The average molecular weight is 551 g/mol. The zero-order valence-corrected chi connectivity index (χ0v) is 21.0. The van der Waals surface area contributed by atoms with E-state index in [2.05, 4.69) is 25.7 Å². The predicted molar refractivity (Wildman–Crippen MR) is 136 cm³/mol. The maximum absolute atomic E-state index is 13.1.